The summed E-state index contributed by atoms with van der Waals surface area (Å²) in [5.41, 5.74) is 5.75. The Balaban J connectivity index is 1.65. The molecule has 6 nitrogen and oxygen atoms in total. The maximum atomic E-state index is 13.6. The first kappa shape index (κ1) is 21.2. The highest BCUT2D eigenvalue weighted by Gasteiger charge is 2.43. The van der Waals surface area contributed by atoms with Crippen LogP contribution in [0.15, 0.2) is 71.3 Å². The second-order valence-electron chi connectivity index (χ2n) is 9.89. The fraction of sp³-hybridized carbons (Fsp3) is 0.296. The number of benzene rings is 1. The van der Waals surface area contributed by atoms with Gasteiger partial charge in [0.2, 0.25) is 0 Å². The molecule has 0 radical (unpaired) electrons. The third-order valence-corrected chi connectivity index (χ3v) is 6.57. The van der Waals surface area contributed by atoms with Crippen LogP contribution in [0.3, 0.4) is 0 Å². The number of allylic oxidation sites excluding steroid dienone is 3. The second kappa shape index (κ2) is 7.73. The van der Waals surface area contributed by atoms with Crippen LogP contribution in [0.5, 0.6) is 0 Å². The van der Waals surface area contributed by atoms with Gasteiger partial charge in [0.05, 0.1) is 0 Å². The lowest BCUT2D eigenvalue weighted by Crippen LogP contribution is -2.39. The summed E-state index contributed by atoms with van der Waals surface area (Å²) in [7, 11) is 0. The molecule has 2 aromatic heterocycles. The van der Waals surface area contributed by atoms with Gasteiger partial charge in [-0.3, -0.25) is 9.59 Å². The average Bonchev–Trinajstić information content (AvgIpc) is 3.17. The highest BCUT2D eigenvalue weighted by Crippen LogP contribution is 2.48. The number of fused-ring (bicyclic) bond motifs is 1. The van der Waals surface area contributed by atoms with Gasteiger partial charge < -0.3 is 15.6 Å². The molecule has 6 heteroatoms. The maximum absolute atomic E-state index is 13.6. The number of Topliss-reactive ketones (excluding diaryl/α,β-unsaturated/α-hetero) is 1. The summed E-state index contributed by atoms with van der Waals surface area (Å²) < 4.78 is 0. The van der Waals surface area contributed by atoms with Crippen molar-refractivity contribution < 1.29 is 9.59 Å². The Kier molecular flexibility index (Phi) is 4.96. The van der Waals surface area contributed by atoms with Gasteiger partial charge in [0, 0.05) is 58.2 Å². The number of aromatic nitrogens is 2. The molecule has 1 aliphatic heterocycles. The zero-order chi connectivity index (χ0) is 23.3. The number of aryl methyl sites for hydroxylation is 1. The summed E-state index contributed by atoms with van der Waals surface area (Å²) in [4.78, 5) is 34.8. The molecule has 1 atom stereocenters. The average molecular weight is 441 g/mol. The number of amides is 1. The van der Waals surface area contributed by atoms with Crippen molar-refractivity contribution in [3.05, 3.63) is 82.5 Å². The number of carbonyl (C=O) groups is 2. The first-order chi connectivity index (χ1) is 15.7. The van der Waals surface area contributed by atoms with Crippen molar-refractivity contribution in [2.45, 2.75) is 46.5 Å². The van der Waals surface area contributed by atoms with E-state index in [1.807, 2.05) is 50.4 Å². The number of para-hydroxylation sites is 1. The molecule has 1 amide bonds. The largest absolute Gasteiger partial charge is 0.362 e. The number of H-pyrrole nitrogens is 1. The topological polar surface area (TPSA) is 86.9 Å². The molecule has 168 valence electrons. The van der Waals surface area contributed by atoms with Gasteiger partial charge in [0.25, 0.3) is 5.91 Å². The van der Waals surface area contributed by atoms with Gasteiger partial charge >= 0.3 is 0 Å². The number of hydrogen-bond donors (Lipinski definition) is 3. The van der Waals surface area contributed by atoms with Gasteiger partial charge in [-0.05, 0) is 48.9 Å². The van der Waals surface area contributed by atoms with E-state index in [1.54, 1.807) is 12.3 Å². The molecule has 3 heterocycles. The Morgan fingerprint density at radius 1 is 1.12 bits per heavy atom. The highest BCUT2D eigenvalue weighted by molar-refractivity contribution is 6.10. The smallest absolute Gasteiger partial charge is 0.255 e. The molecule has 33 heavy (non-hydrogen) atoms. The van der Waals surface area contributed by atoms with Crippen molar-refractivity contribution in [2.75, 3.05) is 5.32 Å². The van der Waals surface area contributed by atoms with Crippen molar-refractivity contribution in [3.8, 4) is 0 Å². The van der Waals surface area contributed by atoms with Crippen molar-refractivity contribution in [1.29, 1.82) is 0 Å². The molecule has 1 aliphatic carbocycles. The first-order valence-corrected chi connectivity index (χ1v) is 11.3. The van der Waals surface area contributed by atoms with Gasteiger partial charge in [-0.2, -0.15) is 0 Å². The number of nitrogens with one attached hydrogen (secondary N) is 3. The normalized spacial score (nSPS) is 20.0. The number of ketones is 1. The van der Waals surface area contributed by atoms with E-state index in [4.69, 9.17) is 0 Å². The third-order valence-electron chi connectivity index (χ3n) is 6.57. The van der Waals surface area contributed by atoms with E-state index in [-0.39, 0.29) is 17.1 Å². The molecule has 0 saturated heterocycles. The summed E-state index contributed by atoms with van der Waals surface area (Å²) >= 11 is 0. The Labute approximate surface area is 193 Å². The number of nitrogens with zero attached hydrogens (tertiary/aromatic N) is 1. The Hall–Kier alpha value is -3.67. The number of pyridine rings is 1. The van der Waals surface area contributed by atoms with Crippen LogP contribution >= 0.6 is 0 Å². The van der Waals surface area contributed by atoms with Gasteiger partial charge in [-0.1, -0.05) is 38.1 Å². The van der Waals surface area contributed by atoms with Crippen molar-refractivity contribution in [3.63, 3.8) is 0 Å². The molecule has 1 aromatic carbocycles. The van der Waals surface area contributed by atoms with Crippen molar-refractivity contribution in [2.24, 2.45) is 5.41 Å². The molecule has 1 unspecified atom stereocenters. The predicted octanol–water partition coefficient (Wildman–Crippen LogP) is 5.11. The number of carbonyl (C=O) groups excluding carboxylic acids is 2. The summed E-state index contributed by atoms with van der Waals surface area (Å²) in [6.07, 6.45) is 4.88. The van der Waals surface area contributed by atoms with Crippen LogP contribution in [-0.2, 0) is 9.59 Å². The first-order valence-electron chi connectivity index (χ1n) is 11.3. The van der Waals surface area contributed by atoms with Gasteiger partial charge in [0.1, 0.15) is 5.82 Å². The monoisotopic (exact) mass is 440 g/mol. The maximum Gasteiger partial charge on any atom is 0.255 e. The zero-order valence-corrected chi connectivity index (χ0v) is 19.4. The van der Waals surface area contributed by atoms with E-state index < -0.39 is 5.92 Å². The molecule has 0 saturated carbocycles. The van der Waals surface area contributed by atoms with Gasteiger partial charge in [-0.15, -0.1) is 0 Å². The van der Waals surface area contributed by atoms with Crippen molar-refractivity contribution in [1.82, 2.24) is 15.3 Å². The minimum absolute atomic E-state index is 0.0929. The molecule has 5 rings (SSSR count). The van der Waals surface area contributed by atoms with E-state index in [0.717, 1.165) is 39.8 Å². The fourth-order valence-corrected chi connectivity index (χ4v) is 5.11. The lowest BCUT2D eigenvalue weighted by molar-refractivity contribution is -0.118. The van der Waals surface area contributed by atoms with E-state index in [9.17, 15) is 9.59 Å². The molecule has 0 fully saturated rings. The molecular formula is C27H28N4O2. The Morgan fingerprint density at radius 2 is 1.91 bits per heavy atom. The number of dihydropyridines is 1. The molecule has 0 bridgehead atoms. The number of aromatic amines is 1. The Morgan fingerprint density at radius 3 is 2.67 bits per heavy atom. The highest BCUT2D eigenvalue weighted by atomic mass is 16.2. The quantitative estimate of drug-likeness (QED) is 0.528. The van der Waals surface area contributed by atoms with Crippen LogP contribution in [0.2, 0.25) is 0 Å². The van der Waals surface area contributed by atoms with Crippen LogP contribution in [0.1, 0.15) is 50.7 Å². The lowest BCUT2D eigenvalue weighted by Gasteiger charge is -2.39. The Bertz CT molecular complexity index is 1340. The van der Waals surface area contributed by atoms with Crippen molar-refractivity contribution >= 4 is 28.4 Å². The summed E-state index contributed by atoms with van der Waals surface area (Å²) in [5, 5.41) is 7.38. The summed E-state index contributed by atoms with van der Waals surface area (Å²) in [6, 6.07) is 11.7. The third kappa shape index (κ3) is 3.75. The minimum atomic E-state index is -0.452. The minimum Gasteiger partial charge on any atom is -0.362 e. The summed E-state index contributed by atoms with van der Waals surface area (Å²) in [6.45, 7) is 8.09. The van der Waals surface area contributed by atoms with E-state index in [1.165, 1.54) is 0 Å². The van der Waals surface area contributed by atoms with Gasteiger partial charge in [-0.25, -0.2) is 4.98 Å². The molecular weight excluding hydrogens is 412 g/mol. The molecule has 0 spiro atoms. The standard InChI is InChI=1S/C27H28N4O2/c1-15-9-10-22(29-13-15)31-26(33)23-16(2)30-20-11-27(3,4)12-21(32)25(20)24(23)18-14-28-19-8-6-5-7-17(18)19/h5-10,13-14,24,28,30H,11-12H2,1-4H3,(H,29,31,33). The molecule has 3 aromatic rings. The van der Waals surface area contributed by atoms with E-state index >= 15 is 0 Å². The molecule has 2 aliphatic rings. The van der Waals surface area contributed by atoms with Gasteiger partial charge in [0.15, 0.2) is 5.78 Å². The molecule has 3 N–H and O–H groups in total. The van der Waals surface area contributed by atoms with Crippen LogP contribution in [-0.4, -0.2) is 21.7 Å². The van der Waals surface area contributed by atoms with Crippen LogP contribution < -0.4 is 10.6 Å². The second-order valence-corrected chi connectivity index (χ2v) is 9.89. The van der Waals surface area contributed by atoms with Crippen LogP contribution in [0.25, 0.3) is 10.9 Å². The summed E-state index contributed by atoms with van der Waals surface area (Å²) in [5.74, 6) is -0.128. The van der Waals surface area contributed by atoms with Crippen LogP contribution in [0, 0.1) is 12.3 Å². The van der Waals surface area contributed by atoms with Crippen LogP contribution in [0.4, 0.5) is 5.82 Å². The number of rotatable bonds is 3. The fourth-order valence-electron chi connectivity index (χ4n) is 5.11. The van der Waals surface area contributed by atoms with E-state index in [0.29, 0.717) is 23.4 Å². The number of hydrogen-bond acceptors (Lipinski definition) is 4. The number of anilines is 1. The SMILES string of the molecule is CC1=C(C(=O)Nc2ccc(C)cn2)C(c2c[nH]c3ccccc23)C2=C(CC(C)(C)CC2=O)N1. The lowest BCUT2D eigenvalue weighted by atomic mass is 9.68. The van der Waals surface area contributed by atoms with E-state index in [2.05, 4.69) is 34.4 Å². The predicted molar refractivity (Wildman–Crippen MR) is 130 cm³/mol. The zero-order valence-electron chi connectivity index (χ0n) is 19.4.